The maximum atomic E-state index is 3.36. The molecule has 0 saturated heterocycles. The minimum Gasteiger partial charge on any atom is -0.313 e. The molecule has 2 unspecified atom stereocenters. The van der Waals surface area contributed by atoms with Crippen LogP contribution in [0.5, 0.6) is 0 Å². The van der Waals surface area contributed by atoms with Crippen LogP contribution in [0.2, 0.25) is 0 Å². The third-order valence-corrected chi connectivity index (χ3v) is 3.13. The Labute approximate surface area is 78.8 Å². The molecule has 0 amide bonds. The molecule has 2 atom stereocenters. The zero-order chi connectivity index (χ0) is 8.97. The first-order chi connectivity index (χ1) is 5.79. The van der Waals surface area contributed by atoms with Crippen LogP contribution < -0.4 is 5.32 Å². The lowest BCUT2D eigenvalue weighted by Gasteiger charge is -2.21. The summed E-state index contributed by atoms with van der Waals surface area (Å²) >= 11 is 1.77. The lowest BCUT2D eigenvalue weighted by Crippen LogP contribution is -2.22. The van der Waals surface area contributed by atoms with E-state index in [0.29, 0.717) is 12.0 Å². The van der Waals surface area contributed by atoms with E-state index >= 15 is 0 Å². The van der Waals surface area contributed by atoms with Gasteiger partial charge in [-0.2, -0.15) is 11.3 Å². The van der Waals surface area contributed by atoms with Crippen molar-refractivity contribution in [1.82, 2.24) is 5.32 Å². The summed E-state index contributed by atoms with van der Waals surface area (Å²) in [5.74, 6) is 0.713. The normalized spacial score (nSPS) is 15.9. The van der Waals surface area contributed by atoms with Crippen LogP contribution in [0.4, 0.5) is 0 Å². The Morgan fingerprint density at radius 1 is 1.58 bits per heavy atom. The van der Waals surface area contributed by atoms with Crippen LogP contribution in [0.15, 0.2) is 16.8 Å². The number of nitrogens with one attached hydrogen (secondary N) is 1. The van der Waals surface area contributed by atoms with Gasteiger partial charge in [-0.05, 0) is 35.4 Å². The Morgan fingerprint density at radius 2 is 2.33 bits per heavy atom. The van der Waals surface area contributed by atoms with Gasteiger partial charge in [0.15, 0.2) is 0 Å². The Kier molecular flexibility index (Phi) is 3.76. The summed E-state index contributed by atoms with van der Waals surface area (Å²) in [6.07, 6.45) is 1.22. The molecule has 1 nitrogen and oxygen atoms in total. The van der Waals surface area contributed by atoms with E-state index in [2.05, 4.69) is 36.0 Å². The van der Waals surface area contributed by atoms with Crippen LogP contribution in [0, 0.1) is 5.92 Å². The molecule has 1 N–H and O–H groups in total. The molecule has 0 saturated carbocycles. The first-order valence-electron chi connectivity index (χ1n) is 4.49. The zero-order valence-electron chi connectivity index (χ0n) is 8.00. The monoisotopic (exact) mass is 183 g/mol. The molecule has 2 heteroatoms. The zero-order valence-corrected chi connectivity index (χ0v) is 8.82. The van der Waals surface area contributed by atoms with E-state index < -0.39 is 0 Å². The minimum absolute atomic E-state index is 0.529. The fourth-order valence-corrected chi connectivity index (χ4v) is 2.16. The molecular formula is C10H17NS. The number of thiophene rings is 1. The van der Waals surface area contributed by atoms with Gasteiger partial charge in [0.05, 0.1) is 0 Å². The highest BCUT2D eigenvalue weighted by molar-refractivity contribution is 7.07. The Hall–Kier alpha value is -0.340. The van der Waals surface area contributed by atoms with Crippen LogP contribution in [0.25, 0.3) is 0 Å². The molecule has 1 aromatic heterocycles. The maximum Gasteiger partial charge on any atom is 0.0351 e. The lowest BCUT2D eigenvalue weighted by molar-refractivity contribution is 0.401. The molecule has 0 aliphatic rings. The smallest absolute Gasteiger partial charge is 0.0351 e. The van der Waals surface area contributed by atoms with Crippen molar-refractivity contribution < 1.29 is 0 Å². The predicted octanol–water partition coefficient (Wildman–Crippen LogP) is 3.05. The average molecular weight is 183 g/mol. The number of hydrogen-bond acceptors (Lipinski definition) is 2. The van der Waals surface area contributed by atoms with Gasteiger partial charge in [-0.15, -0.1) is 0 Å². The third-order valence-electron chi connectivity index (χ3n) is 2.43. The molecular weight excluding hydrogens is 166 g/mol. The van der Waals surface area contributed by atoms with Crippen LogP contribution in [0.3, 0.4) is 0 Å². The second-order valence-electron chi connectivity index (χ2n) is 3.21. The lowest BCUT2D eigenvalue weighted by atomic mass is 9.95. The minimum atomic E-state index is 0.529. The van der Waals surface area contributed by atoms with Gasteiger partial charge >= 0.3 is 0 Å². The highest BCUT2D eigenvalue weighted by Gasteiger charge is 2.15. The van der Waals surface area contributed by atoms with Gasteiger partial charge in [0.2, 0.25) is 0 Å². The van der Waals surface area contributed by atoms with E-state index in [4.69, 9.17) is 0 Å². The van der Waals surface area contributed by atoms with E-state index in [-0.39, 0.29) is 0 Å². The Bertz CT molecular complexity index is 206. The Balaban J connectivity index is 2.69. The number of hydrogen-bond donors (Lipinski definition) is 1. The molecule has 0 radical (unpaired) electrons. The van der Waals surface area contributed by atoms with Crippen molar-refractivity contribution in [3.63, 3.8) is 0 Å². The van der Waals surface area contributed by atoms with Gasteiger partial charge in [-0.25, -0.2) is 0 Å². The van der Waals surface area contributed by atoms with Crippen LogP contribution >= 0.6 is 11.3 Å². The van der Waals surface area contributed by atoms with E-state index in [1.165, 1.54) is 12.0 Å². The van der Waals surface area contributed by atoms with Crippen molar-refractivity contribution in [2.75, 3.05) is 7.05 Å². The maximum absolute atomic E-state index is 3.36. The SMILES string of the molecule is CCC(C)C(NC)c1ccsc1. The molecule has 0 bridgehead atoms. The summed E-state index contributed by atoms with van der Waals surface area (Å²) in [5, 5.41) is 7.73. The summed E-state index contributed by atoms with van der Waals surface area (Å²) in [4.78, 5) is 0. The Morgan fingerprint density at radius 3 is 2.75 bits per heavy atom. The molecule has 0 aliphatic heterocycles. The van der Waals surface area contributed by atoms with Gasteiger partial charge < -0.3 is 5.32 Å². The highest BCUT2D eigenvalue weighted by atomic mass is 32.1. The topological polar surface area (TPSA) is 12.0 Å². The van der Waals surface area contributed by atoms with Crippen molar-refractivity contribution >= 4 is 11.3 Å². The third kappa shape index (κ3) is 2.08. The van der Waals surface area contributed by atoms with E-state index in [0.717, 1.165) is 0 Å². The second-order valence-corrected chi connectivity index (χ2v) is 3.99. The molecule has 0 aliphatic carbocycles. The summed E-state index contributed by atoms with van der Waals surface area (Å²) in [5.41, 5.74) is 1.43. The van der Waals surface area contributed by atoms with Crippen LogP contribution in [-0.2, 0) is 0 Å². The van der Waals surface area contributed by atoms with Gasteiger partial charge in [-0.1, -0.05) is 20.3 Å². The van der Waals surface area contributed by atoms with Crippen molar-refractivity contribution in [1.29, 1.82) is 0 Å². The summed E-state index contributed by atoms with van der Waals surface area (Å²) in [7, 11) is 2.04. The van der Waals surface area contributed by atoms with Gasteiger partial charge in [0.1, 0.15) is 0 Å². The summed E-state index contributed by atoms with van der Waals surface area (Å²) in [6, 6.07) is 2.74. The van der Waals surface area contributed by atoms with Crippen LogP contribution in [-0.4, -0.2) is 7.05 Å². The first kappa shape index (κ1) is 9.75. The van der Waals surface area contributed by atoms with Crippen molar-refractivity contribution in [2.45, 2.75) is 26.3 Å². The van der Waals surface area contributed by atoms with Gasteiger partial charge in [0.25, 0.3) is 0 Å². The summed E-state index contributed by atoms with van der Waals surface area (Å²) < 4.78 is 0. The molecule has 1 heterocycles. The van der Waals surface area contributed by atoms with Crippen molar-refractivity contribution in [2.24, 2.45) is 5.92 Å². The molecule has 0 fully saturated rings. The van der Waals surface area contributed by atoms with E-state index in [9.17, 15) is 0 Å². The largest absolute Gasteiger partial charge is 0.313 e. The first-order valence-corrected chi connectivity index (χ1v) is 5.43. The predicted molar refractivity (Wildman–Crippen MR) is 55.6 cm³/mol. The fourth-order valence-electron chi connectivity index (χ4n) is 1.47. The summed E-state index contributed by atoms with van der Waals surface area (Å²) in [6.45, 7) is 4.53. The van der Waals surface area contributed by atoms with Gasteiger partial charge in [-0.3, -0.25) is 0 Å². The molecule has 12 heavy (non-hydrogen) atoms. The second kappa shape index (κ2) is 4.63. The van der Waals surface area contributed by atoms with Crippen LogP contribution in [0.1, 0.15) is 31.9 Å². The molecule has 0 spiro atoms. The van der Waals surface area contributed by atoms with Gasteiger partial charge in [0, 0.05) is 6.04 Å². The average Bonchev–Trinajstić information content (AvgIpc) is 2.58. The standard InChI is InChI=1S/C10H17NS/c1-4-8(2)10(11-3)9-5-6-12-7-9/h5-8,10-11H,4H2,1-3H3. The molecule has 1 rings (SSSR count). The molecule has 68 valence electrons. The fraction of sp³-hybridized carbons (Fsp3) is 0.600. The molecule has 0 aromatic carbocycles. The van der Waals surface area contributed by atoms with Crippen molar-refractivity contribution in [3.05, 3.63) is 22.4 Å². The van der Waals surface area contributed by atoms with E-state index in [1.54, 1.807) is 11.3 Å². The highest BCUT2D eigenvalue weighted by Crippen LogP contribution is 2.25. The number of rotatable bonds is 4. The van der Waals surface area contributed by atoms with E-state index in [1.807, 2.05) is 7.05 Å². The molecule has 1 aromatic rings. The van der Waals surface area contributed by atoms with Crippen molar-refractivity contribution in [3.8, 4) is 0 Å². The quantitative estimate of drug-likeness (QED) is 0.756.